The Kier molecular flexibility index (Phi) is 5.62. The number of carbonyl (C=O) groups is 2. The Morgan fingerprint density at radius 3 is 2.73 bits per heavy atom. The second-order valence-corrected chi connectivity index (χ2v) is 7.13. The minimum Gasteiger partial charge on any atom is -0.467 e. The molecule has 1 aliphatic carbocycles. The van der Waals surface area contributed by atoms with Gasteiger partial charge in [-0.1, -0.05) is 41.9 Å². The van der Waals surface area contributed by atoms with E-state index in [4.69, 9.17) is 4.74 Å². The number of carbonyl (C=O) groups excluding carboxylic acids is 2. The van der Waals surface area contributed by atoms with Crippen LogP contribution < -0.4 is 5.32 Å². The molecule has 0 saturated heterocycles. The zero-order valence-electron chi connectivity index (χ0n) is 13.1. The highest BCUT2D eigenvalue weighted by molar-refractivity contribution is 9.10. The lowest BCUT2D eigenvalue weighted by Gasteiger charge is -2.18. The van der Waals surface area contributed by atoms with Gasteiger partial charge in [0.15, 0.2) is 0 Å². The van der Waals surface area contributed by atoms with Crippen LogP contribution >= 0.6 is 15.9 Å². The maximum Gasteiger partial charge on any atom is 0.328 e. The van der Waals surface area contributed by atoms with Gasteiger partial charge in [0.05, 0.1) is 7.11 Å². The molecule has 2 rings (SSSR count). The highest BCUT2D eigenvalue weighted by atomic mass is 79.9. The highest BCUT2D eigenvalue weighted by Crippen LogP contribution is 2.48. The van der Waals surface area contributed by atoms with Crippen molar-refractivity contribution in [2.75, 3.05) is 7.11 Å². The maximum atomic E-state index is 12.4. The summed E-state index contributed by atoms with van der Waals surface area (Å²) >= 11 is 3.45. The van der Waals surface area contributed by atoms with Crippen LogP contribution in [0.15, 0.2) is 28.7 Å². The average Bonchev–Trinajstić information content (AvgIpc) is 3.25. The molecule has 1 aliphatic rings. The van der Waals surface area contributed by atoms with Gasteiger partial charge < -0.3 is 10.1 Å². The molecule has 1 fully saturated rings. The van der Waals surface area contributed by atoms with Crippen LogP contribution in [0.5, 0.6) is 0 Å². The molecule has 1 saturated carbocycles. The van der Waals surface area contributed by atoms with Crippen LogP contribution in [0, 0.1) is 11.8 Å². The number of benzene rings is 1. The van der Waals surface area contributed by atoms with Crippen molar-refractivity contribution in [3.8, 4) is 0 Å². The Hall–Kier alpha value is -1.36. The lowest BCUT2D eigenvalue weighted by Crippen LogP contribution is -2.43. The van der Waals surface area contributed by atoms with Crippen molar-refractivity contribution in [1.82, 2.24) is 5.32 Å². The maximum absolute atomic E-state index is 12.4. The van der Waals surface area contributed by atoms with Crippen LogP contribution in [0.25, 0.3) is 0 Å². The number of methoxy groups -OCH3 is 1. The van der Waals surface area contributed by atoms with E-state index in [1.54, 1.807) is 0 Å². The predicted octanol–water partition coefficient (Wildman–Crippen LogP) is 3.26. The van der Waals surface area contributed by atoms with Crippen LogP contribution in [-0.2, 0) is 14.3 Å². The van der Waals surface area contributed by atoms with E-state index in [1.807, 2.05) is 38.1 Å². The molecule has 3 unspecified atom stereocenters. The van der Waals surface area contributed by atoms with E-state index in [-0.39, 0.29) is 23.7 Å². The standard InChI is InChI=1S/C17H22BrNO3/c1-10(2)7-15(17(21)22-3)19-16(20)14-9-13(14)11-5-4-6-12(18)8-11/h4-6,8,10,13-15H,7,9H2,1-3H3,(H,19,20). The quantitative estimate of drug-likeness (QED) is 0.785. The molecule has 4 nitrogen and oxygen atoms in total. The number of amides is 1. The molecular weight excluding hydrogens is 346 g/mol. The number of halogens is 1. The fraction of sp³-hybridized carbons (Fsp3) is 0.529. The normalized spacial score (nSPS) is 21.3. The summed E-state index contributed by atoms with van der Waals surface area (Å²) in [6, 6.07) is 7.47. The largest absolute Gasteiger partial charge is 0.467 e. The van der Waals surface area contributed by atoms with Crippen LogP contribution in [0.4, 0.5) is 0 Å². The van der Waals surface area contributed by atoms with Crippen LogP contribution in [0.1, 0.15) is 38.2 Å². The van der Waals surface area contributed by atoms with Crippen LogP contribution in [-0.4, -0.2) is 25.0 Å². The monoisotopic (exact) mass is 367 g/mol. The Morgan fingerprint density at radius 1 is 1.41 bits per heavy atom. The van der Waals surface area contributed by atoms with Crippen LogP contribution in [0.3, 0.4) is 0 Å². The third-order valence-electron chi connectivity index (χ3n) is 3.91. The minimum absolute atomic E-state index is 0.0476. The summed E-state index contributed by atoms with van der Waals surface area (Å²) in [6.45, 7) is 4.03. The van der Waals surface area contributed by atoms with E-state index in [0.29, 0.717) is 12.3 Å². The molecule has 0 bridgehead atoms. The van der Waals surface area contributed by atoms with Crippen molar-refractivity contribution in [1.29, 1.82) is 0 Å². The second-order valence-electron chi connectivity index (χ2n) is 6.22. The minimum atomic E-state index is -0.554. The predicted molar refractivity (Wildman–Crippen MR) is 88.4 cm³/mol. The fourth-order valence-electron chi connectivity index (χ4n) is 2.70. The summed E-state index contributed by atoms with van der Waals surface area (Å²) in [4.78, 5) is 24.1. The molecule has 0 aliphatic heterocycles. The smallest absolute Gasteiger partial charge is 0.328 e. The first kappa shape index (κ1) is 17.0. The van der Waals surface area contributed by atoms with E-state index in [0.717, 1.165) is 16.5 Å². The van der Waals surface area contributed by atoms with E-state index < -0.39 is 6.04 Å². The number of esters is 1. The number of hydrogen-bond donors (Lipinski definition) is 1. The molecule has 0 heterocycles. The SMILES string of the molecule is COC(=O)C(CC(C)C)NC(=O)C1CC1c1cccc(Br)c1. The van der Waals surface area contributed by atoms with Gasteiger partial charge in [-0.15, -0.1) is 0 Å². The summed E-state index contributed by atoms with van der Waals surface area (Å²) in [5, 5.41) is 2.85. The molecule has 22 heavy (non-hydrogen) atoms. The van der Waals surface area contributed by atoms with Crippen molar-refractivity contribution in [3.05, 3.63) is 34.3 Å². The molecule has 1 amide bonds. The first-order valence-corrected chi connectivity index (χ1v) is 8.35. The van der Waals surface area contributed by atoms with Gasteiger partial charge in [-0.3, -0.25) is 4.79 Å². The second kappa shape index (κ2) is 7.27. The molecule has 0 aromatic heterocycles. The topological polar surface area (TPSA) is 55.4 Å². The summed E-state index contributed by atoms with van der Waals surface area (Å²) in [5.74, 6) is 0.0793. The van der Waals surface area contributed by atoms with Gasteiger partial charge in [0.25, 0.3) is 0 Å². The molecule has 1 aromatic rings. The summed E-state index contributed by atoms with van der Waals surface area (Å²) < 4.78 is 5.80. The van der Waals surface area contributed by atoms with Crippen molar-refractivity contribution >= 4 is 27.8 Å². The van der Waals surface area contributed by atoms with Gasteiger partial charge in [-0.2, -0.15) is 0 Å². The third kappa shape index (κ3) is 4.32. The third-order valence-corrected chi connectivity index (χ3v) is 4.41. The lowest BCUT2D eigenvalue weighted by atomic mass is 10.0. The molecule has 0 radical (unpaired) electrons. The van der Waals surface area contributed by atoms with Gasteiger partial charge in [0.2, 0.25) is 5.91 Å². The zero-order chi connectivity index (χ0) is 16.3. The summed E-state index contributed by atoms with van der Waals surface area (Å²) in [5.41, 5.74) is 1.16. The van der Waals surface area contributed by atoms with Gasteiger partial charge in [0.1, 0.15) is 6.04 Å². The Balaban J connectivity index is 1.96. The Morgan fingerprint density at radius 2 is 2.14 bits per heavy atom. The van der Waals surface area contributed by atoms with Crippen molar-refractivity contribution in [2.45, 2.75) is 38.6 Å². The molecule has 3 atom stereocenters. The van der Waals surface area contributed by atoms with E-state index >= 15 is 0 Å². The van der Waals surface area contributed by atoms with Crippen molar-refractivity contribution in [2.24, 2.45) is 11.8 Å². The fourth-order valence-corrected chi connectivity index (χ4v) is 3.11. The van der Waals surface area contributed by atoms with E-state index in [9.17, 15) is 9.59 Å². The number of rotatable bonds is 6. The van der Waals surface area contributed by atoms with Gasteiger partial charge in [-0.25, -0.2) is 4.79 Å². The molecule has 1 N–H and O–H groups in total. The molecule has 1 aromatic carbocycles. The lowest BCUT2D eigenvalue weighted by molar-refractivity contribution is -0.145. The Bertz CT molecular complexity index is 559. The van der Waals surface area contributed by atoms with Crippen molar-refractivity contribution in [3.63, 3.8) is 0 Å². The zero-order valence-corrected chi connectivity index (χ0v) is 14.7. The van der Waals surface area contributed by atoms with E-state index in [1.165, 1.54) is 7.11 Å². The van der Waals surface area contributed by atoms with Crippen LogP contribution in [0.2, 0.25) is 0 Å². The molecular formula is C17H22BrNO3. The number of hydrogen-bond acceptors (Lipinski definition) is 3. The first-order chi connectivity index (χ1) is 10.4. The highest BCUT2D eigenvalue weighted by Gasteiger charge is 2.44. The number of nitrogens with one attached hydrogen (secondary N) is 1. The van der Waals surface area contributed by atoms with E-state index in [2.05, 4.69) is 21.2 Å². The molecule has 0 spiro atoms. The molecule has 120 valence electrons. The summed E-state index contributed by atoms with van der Waals surface area (Å²) in [7, 11) is 1.35. The first-order valence-electron chi connectivity index (χ1n) is 7.56. The molecule has 5 heteroatoms. The van der Waals surface area contributed by atoms with Gasteiger partial charge in [-0.05, 0) is 42.4 Å². The van der Waals surface area contributed by atoms with Gasteiger partial charge >= 0.3 is 5.97 Å². The van der Waals surface area contributed by atoms with Gasteiger partial charge in [0, 0.05) is 10.4 Å². The average molecular weight is 368 g/mol. The van der Waals surface area contributed by atoms with Crippen molar-refractivity contribution < 1.29 is 14.3 Å². The Labute approximate surface area is 139 Å². The summed E-state index contributed by atoms with van der Waals surface area (Å²) in [6.07, 6.45) is 1.42. The number of ether oxygens (including phenoxy) is 1.